The van der Waals surface area contributed by atoms with E-state index in [1.54, 1.807) is 0 Å². The summed E-state index contributed by atoms with van der Waals surface area (Å²) in [5.41, 5.74) is 9.82. The van der Waals surface area contributed by atoms with E-state index >= 15 is 0 Å². The summed E-state index contributed by atoms with van der Waals surface area (Å²) < 4.78 is 0. The van der Waals surface area contributed by atoms with E-state index in [1.807, 2.05) is 0 Å². The Morgan fingerprint density at radius 3 is 2.38 bits per heavy atom. The Bertz CT molecular complexity index is 253. The maximum absolute atomic E-state index is 5.54. The molecule has 0 bridgehead atoms. The summed E-state index contributed by atoms with van der Waals surface area (Å²) in [6.45, 7) is 4.92. The van der Waals surface area contributed by atoms with Crippen LogP contribution in [0.1, 0.15) is 11.1 Å². The van der Waals surface area contributed by atoms with Gasteiger partial charge < -0.3 is 5.43 Å². The minimum atomic E-state index is 0.609. The van der Waals surface area contributed by atoms with Gasteiger partial charge in [0.25, 0.3) is 0 Å². The topological polar surface area (TPSA) is 24.1 Å². The molecule has 0 radical (unpaired) electrons. The molecule has 0 aliphatic heterocycles. The molecule has 72 valence electrons. The molecule has 1 rings (SSSR count). The van der Waals surface area contributed by atoms with E-state index in [-0.39, 0.29) is 0 Å². The summed E-state index contributed by atoms with van der Waals surface area (Å²) in [5, 5.41) is 0. The van der Waals surface area contributed by atoms with Crippen molar-refractivity contribution in [1.29, 1.82) is 0 Å². The van der Waals surface area contributed by atoms with Crippen LogP contribution in [0.3, 0.4) is 0 Å². The van der Waals surface area contributed by atoms with Crippen molar-refractivity contribution in [1.82, 2.24) is 5.43 Å². The van der Waals surface area contributed by atoms with E-state index in [1.165, 1.54) is 11.1 Å². The third kappa shape index (κ3) is 2.90. The Labute approximate surface area is 84.3 Å². The number of benzene rings is 1. The molecule has 1 aromatic carbocycles. The first-order valence-electron chi connectivity index (χ1n) is 4.36. The first kappa shape index (κ1) is 10.4. The maximum Gasteiger partial charge on any atom is 0.0545 e. The highest BCUT2D eigenvalue weighted by Crippen LogP contribution is 2.17. The number of alkyl halides is 1. The summed E-state index contributed by atoms with van der Waals surface area (Å²) in [4.78, 5) is 0. The van der Waals surface area contributed by atoms with Crippen molar-refractivity contribution in [2.75, 3.05) is 17.9 Å². The molecule has 2 N–H and O–H groups in total. The van der Waals surface area contributed by atoms with Crippen LogP contribution >= 0.6 is 11.6 Å². The first-order valence-corrected chi connectivity index (χ1v) is 4.90. The molecule has 0 aromatic heterocycles. The fourth-order valence-electron chi connectivity index (χ4n) is 1.21. The van der Waals surface area contributed by atoms with Gasteiger partial charge in [-0.25, -0.2) is 5.43 Å². The summed E-state index contributed by atoms with van der Waals surface area (Å²) >= 11 is 5.54. The van der Waals surface area contributed by atoms with Crippen LogP contribution in [-0.4, -0.2) is 12.4 Å². The SMILES string of the molecule is Cc1cccc(C)c1NNCCCl. The number of hydrogen-bond donors (Lipinski definition) is 2. The highest BCUT2D eigenvalue weighted by Gasteiger charge is 1.99. The Kier molecular flexibility index (Phi) is 4.06. The van der Waals surface area contributed by atoms with Crippen molar-refractivity contribution in [2.24, 2.45) is 0 Å². The normalized spacial score (nSPS) is 10.1. The van der Waals surface area contributed by atoms with Crippen molar-refractivity contribution < 1.29 is 0 Å². The molecular weight excluding hydrogens is 184 g/mol. The second-order valence-corrected chi connectivity index (χ2v) is 3.39. The molecule has 0 heterocycles. The average molecular weight is 199 g/mol. The number of para-hydroxylation sites is 1. The van der Waals surface area contributed by atoms with Gasteiger partial charge in [-0.2, -0.15) is 0 Å². The van der Waals surface area contributed by atoms with Gasteiger partial charge in [-0.15, -0.1) is 11.6 Å². The third-order valence-electron chi connectivity index (χ3n) is 1.91. The van der Waals surface area contributed by atoms with Crippen molar-refractivity contribution in [3.05, 3.63) is 29.3 Å². The van der Waals surface area contributed by atoms with E-state index in [0.717, 1.165) is 12.2 Å². The number of hydrogen-bond acceptors (Lipinski definition) is 2. The highest BCUT2D eigenvalue weighted by molar-refractivity contribution is 6.18. The molecule has 1 aromatic rings. The van der Waals surface area contributed by atoms with Crippen LogP contribution in [0.15, 0.2) is 18.2 Å². The Hall–Kier alpha value is -0.730. The Morgan fingerprint density at radius 2 is 1.85 bits per heavy atom. The highest BCUT2D eigenvalue weighted by atomic mass is 35.5. The molecule has 0 saturated heterocycles. The molecule has 2 nitrogen and oxygen atoms in total. The zero-order valence-electron chi connectivity index (χ0n) is 8.02. The standard InChI is InChI=1S/C10H15ClN2/c1-8-4-3-5-9(2)10(8)13-12-7-6-11/h3-5,12-13H,6-7H2,1-2H3. The van der Waals surface area contributed by atoms with Gasteiger partial charge in [-0.3, -0.25) is 0 Å². The third-order valence-corrected chi connectivity index (χ3v) is 2.10. The van der Waals surface area contributed by atoms with E-state index in [2.05, 4.69) is 42.9 Å². The van der Waals surface area contributed by atoms with Gasteiger partial charge in [0.15, 0.2) is 0 Å². The molecule has 3 heteroatoms. The number of nitrogens with one attached hydrogen (secondary N) is 2. The monoisotopic (exact) mass is 198 g/mol. The van der Waals surface area contributed by atoms with Crippen LogP contribution in [0.25, 0.3) is 0 Å². The predicted molar refractivity (Wildman–Crippen MR) is 58.3 cm³/mol. The molecule has 0 fully saturated rings. The van der Waals surface area contributed by atoms with Gasteiger partial charge in [-0.05, 0) is 25.0 Å². The lowest BCUT2D eigenvalue weighted by molar-refractivity contribution is 0.845. The summed E-state index contributed by atoms with van der Waals surface area (Å²) in [6.07, 6.45) is 0. The van der Waals surface area contributed by atoms with Gasteiger partial charge in [0.1, 0.15) is 0 Å². The maximum atomic E-state index is 5.54. The lowest BCUT2D eigenvalue weighted by Crippen LogP contribution is -2.24. The molecule has 0 aliphatic carbocycles. The van der Waals surface area contributed by atoms with Crippen LogP contribution in [0, 0.1) is 13.8 Å². The van der Waals surface area contributed by atoms with Gasteiger partial charge >= 0.3 is 0 Å². The first-order chi connectivity index (χ1) is 6.25. The second-order valence-electron chi connectivity index (χ2n) is 3.01. The van der Waals surface area contributed by atoms with Crippen LogP contribution in [0.2, 0.25) is 0 Å². The molecule has 0 atom stereocenters. The zero-order chi connectivity index (χ0) is 9.68. The van der Waals surface area contributed by atoms with Crippen LogP contribution in [-0.2, 0) is 0 Å². The second kappa shape index (κ2) is 5.10. The summed E-state index contributed by atoms with van der Waals surface area (Å²) in [6, 6.07) is 6.22. The number of rotatable bonds is 4. The molecule has 13 heavy (non-hydrogen) atoms. The van der Waals surface area contributed by atoms with Crippen LogP contribution in [0.5, 0.6) is 0 Å². The van der Waals surface area contributed by atoms with Crippen molar-refractivity contribution in [3.8, 4) is 0 Å². The lowest BCUT2D eigenvalue weighted by atomic mass is 10.1. The number of hydrazine groups is 1. The quantitative estimate of drug-likeness (QED) is 0.441. The van der Waals surface area contributed by atoms with Gasteiger partial charge in [0.05, 0.1) is 5.69 Å². The predicted octanol–water partition coefficient (Wildman–Crippen LogP) is 2.46. The lowest BCUT2D eigenvalue weighted by Gasteiger charge is -2.12. The van der Waals surface area contributed by atoms with Gasteiger partial charge in [0.2, 0.25) is 0 Å². The molecule has 0 amide bonds. The fraction of sp³-hybridized carbons (Fsp3) is 0.400. The minimum Gasteiger partial charge on any atom is -0.321 e. The smallest absolute Gasteiger partial charge is 0.0545 e. The Balaban J connectivity index is 2.64. The Morgan fingerprint density at radius 1 is 1.23 bits per heavy atom. The summed E-state index contributed by atoms with van der Waals surface area (Å²) in [5.74, 6) is 0.609. The van der Waals surface area contributed by atoms with Gasteiger partial charge in [0, 0.05) is 12.4 Å². The van der Waals surface area contributed by atoms with E-state index in [0.29, 0.717) is 5.88 Å². The van der Waals surface area contributed by atoms with Crippen LogP contribution in [0.4, 0.5) is 5.69 Å². The number of aryl methyl sites for hydroxylation is 2. The molecule has 0 unspecified atom stereocenters. The minimum absolute atomic E-state index is 0.609. The fourth-order valence-corrected chi connectivity index (χ4v) is 1.30. The van der Waals surface area contributed by atoms with Crippen molar-refractivity contribution >= 4 is 17.3 Å². The number of halogens is 1. The molecule has 0 saturated carbocycles. The van der Waals surface area contributed by atoms with Crippen molar-refractivity contribution in [3.63, 3.8) is 0 Å². The van der Waals surface area contributed by atoms with Gasteiger partial charge in [-0.1, -0.05) is 18.2 Å². The van der Waals surface area contributed by atoms with E-state index in [9.17, 15) is 0 Å². The van der Waals surface area contributed by atoms with Crippen LogP contribution < -0.4 is 10.9 Å². The largest absolute Gasteiger partial charge is 0.321 e. The zero-order valence-corrected chi connectivity index (χ0v) is 8.78. The number of anilines is 1. The van der Waals surface area contributed by atoms with E-state index < -0.39 is 0 Å². The van der Waals surface area contributed by atoms with E-state index in [4.69, 9.17) is 11.6 Å². The molecule has 0 aliphatic rings. The molecule has 0 spiro atoms. The average Bonchev–Trinajstić information content (AvgIpc) is 2.10. The molecular formula is C10H15ClN2. The summed E-state index contributed by atoms with van der Waals surface area (Å²) in [7, 11) is 0. The van der Waals surface area contributed by atoms with Crippen molar-refractivity contribution in [2.45, 2.75) is 13.8 Å².